The van der Waals surface area contributed by atoms with Gasteiger partial charge in [-0.05, 0) is 44.0 Å². The second-order valence-corrected chi connectivity index (χ2v) is 9.63. The van der Waals surface area contributed by atoms with Gasteiger partial charge < -0.3 is 9.64 Å². The maximum absolute atomic E-state index is 13.7. The molecule has 0 unspecified atom stereocenters. The van der Waals surface area contributed by atoms with Crippen molar-refractivity contribution < 1.29 is 13.2 Å². The zero-order valence-corrected chi connectivity index (χ0v) is 18.3. The third kappa shape index (κ3) is 4.67. The number of halogens is 1. The van der Waals surface area contributed by atoms with Crippen LogP contribution in [0.25, 0.3) is 0 Å². The molecule has 0 radical (unpaired) electrons. The summed E-state index contributed by atoms with van der Waals surface area (Å²) in [5, 5.41) is 9.56. The van der Waals surface area contributed by atoms with Crippen LogP contribution < -0.4 is 4.74 Å². The Kier molecular flexibility index (Phi) is 6.37. The lowest BCUT2D eigenvalue weighted by Gasteiger charge is -2.29. The number of ether oxygens (including phenoxy) is 1. The first-order chi connectivity index (χ1) is 13.7. The van der Waals surface area contributed by atoms with Crippen molar-refractivity contribution in [2.75, 3.05) is 20.2 Å². The summed E-state index contributed by atoms with van der Waals surface area (Å²) in [5.74, 6) is 0.245. The van der Waals surface area contributed by atoms with Gasteiger partial charge in [0.1, 0.15) is 10.6 Å². The molecule has 0 amide bonds. The molecular formula is C21H24ClN3O3S. The molecule has 0 aromatic heterocycles. The number of likely N-dealkylation sites (tertiary alicyclic amines) is 1. The van der Waals surface area contributed by atoms with E-state index >= 15 is 0 Å². The molecule has 3 rings (SSSR count). The van der Waals surface area contributed by atoms with Crippen LogP contribution in [0.15, 0.2) is 41.3 Å². The SMILES string of the molecule is COc1ccc(Cl)cc1S(=O)(=O)N(Cc1cc(C)cc(C)c1)[C@@H]1CCN(C#N)C1. The summed E-state index contributed by atoms with van der Waals surface area (Å²) in [6, 6.07) is 10.3. The predicted octanol–water partition coefficient (Wildman–Crippen LogP) is 3.71. The molecule has 1 aliphatic rings. The van der Waals surface area contributed by atoms with Crippen LogP contribution in [0.4, 0.5) is 0 Å². The highest BCUT2D eigenvalue weighted by molar-refractivity contribution is 7.89. The summed E-state index contributed by atoms with van der Waals surface area (Å²) in [4.78, 5) is 1.62. The molecule has 1 atom stereocenters. The Morgan fingerprint density at radius 3 is 2.52 bits per heavy atom. The second kappa shape index (κ2) is 8.62. The van der Waals surface area contributed by atoms with E-state index in [0.29, 0.717) is 24.5 Å². The first-order valence-electron chi connectivity index (χ1n) is 9.32. The van der Waals surface area contributed by atoms with Crippen LogP contribution in [0.5, 0.6) is 5.75 Å². The fourth-order valence-corrected chi connectivity index (χ4v) is 5.85. The van der Waals surface area contributed by atoms with Gasteiger partial charge in [-0.3, -0.25) is 0 Å². The largest absolute Gasteiger partial charge is 0.495 e. The van der Waals surface area contributed by atoms with Gasteiger partial charge in [-0.15, -0.1) is 0 Å². The normalized spacial score (nSPS) is 16.8. The molecule has 0 bridgehead atoms. The van der Waals surface area contributed by atoms with Crippen LogP contribution in [-0.2, 0) is 16.6 Å². The molecule has 0 N–H and O–H groups in total. The number of sulfonamides is 1. The molecule has 6 nitrogen and oxygen atoms in total. The molecule has 2 aromatic carbocycles. The van der Waals surface area contributed by atoms with E-state index in [1.807, 2.05) is 26.0 Å². The third-order valence-corrected chi connectivity index (χ3v) is 7.20. The van der Waals surface area contributed by atoms with E-state index in [9.17, 15) is 13.7 Å². The zero-order valence-electron chi connectivity index (χ0n) is 16.7. The van der Waals surface area contributed by atoms with Gasteiger partial charge in [0.2, 0.25) is 10.0 Å². The summed E-state index contributed by atoms with van der Waals surface area (Å²) >= 11 is 6.10. The van der Waals surface area contributed by atoms with E-state index in [-0.39, 0.29) is 23.2 Å². The molecular weight excluding hydrogens is 410 g/mol. The Morgan fingerprint density at radius 2 is 1.93 bits per heavy atom. The van der Waals surface area contributed by atoms with Gasteiger partial charge in [0.15, 0.2) is 6.19 Å². The molecule has 1 saturated heterocycles. The zero-order chi connectivity index (χ0) is 21.2. The van der Waals surface area contributed by atoms with Crippen LogP contribution in [-0.4, -0.2) is 43.9 Å². The lowest BCUT2D eigenvalue weighted by Crippen LogP contribution is -2.41. The number of methoxy groups -OCH3 is 1. The number of rotatable bonds is 6. The molecule has 29 heavy (non-hydrogen) atoms. The molecule has 154 valence electrons. The van der Waals surface area contributed by atoms with Crippen LogP contribution >= 0.6 is 11.6 Å². The monoisotopic (exact) mass is 433 g/mol. The van der Waals surface area contributed by atoms with Gasteiger partial charge >= 0.3 is 0 Å². The average molecular weight is 434 g/mol. The Morgan fingerprint density at radius 1 is 1.24 bits per heavy atom. The van der Waals surface area contributed by atoms with Gasteiger partial charge in [-0.25, -0.2) is 8.42 Å². The van der Waals surface area contributed by atoms with Crippen molar-refractivity contribution in [2.24, 2.45) is 0 Å². The summed E-state index contributed by atoms with van der Waals surface area (Å²) in [5.41, 5.74) is 3.05. The van der Waals surface area contributed by atoms with Crippen molar-refractivity contribution in [3.05, 3.63) is 58.1 Å². The summed E-state index contributed by atoms with van der Waals surface area (Å²) in [6.45, 7) is 5.09. The molecule has 8 heteroatoms. The van der Waals surface area contributed by atoms with E-state index in [0.717, 1.165) is 16.7 Å². The number of hydrogen-bond acceptors (Lipinski definition) is 5. The van der Waals surface area contributed by atoms with Crippen LogP contribution in [0.3, 0.4) is 0 Å². The van der Waals surface area contributed by atoms with Crippen molar-refractivity contribution in [2.45, 2.75) is 37.8 Å². The minimum absolute atomic E-state index is 0.0345. The quantitative estimate of drug-likeness (QED) is 0.649. The van der Waals surface area contributed by atoms with Crippen LogP contribution in [0.2, 0.25) is 5.02 Å². The van der Waals surface area contributed by atoms with E-state index in [1.54, 1.807) is 17.0 Å². The van der Waals surface area contributed by atoms with Crippen LogP contribution in [0, 0.1) is 25.3 Å². The number of hydrogen-bond donors (Lipinski definition) is 0. The van der Waals surface area contributed by atoms with Crippen molar-refractivity contribution in [3.8, 4) is 11.9 Å². The molecule has 0 saturated carbocycles. The van der Waals surface area contributed by atoms with Gasteiger partial charge in [-0.1, -0.05) is 40.9 Å². The molecule has 0 spiro atoms. The maximum Gasteiger partial charge on any atom is 0.247 e. The lowest BCUT2D eigenvalue weighted by molar-refractivity contribution is 0.311. The van der Waals surface area contributed by atoms with Gasteiger partial charge in [0.05, 0.1) is 7.11 Å². The fourth-order valence-electron chi connectivity index (χ4n) is 3.80. The minimum atomic E-state index is -3.92. The standard InChI is InChI=1S/C21H24ClN3O3S/c1-15-8-16(2)10-17(9-15)12-25(19-6-7-24(13-19)14-23)29(26,27)21-11-18(22)4-5-20(21)28-3/h4-5,8-11,19H,6-7,12-13H2,1-3H3/t19-/m1/s1. The maximum atomic E-state index is 13.7. The highest BCUT2D eigenvalue weighted by atomic mass is 35.5. The van der Waals surface area contributed by atoms with Crippen molar-refractivity contribution in [1.82, 2.24) is 9.21 Å². The van der Waals surface area contributed by atoms with Crippen molar-refractivity contribution in [1.29, 1.82) is 5.26 Å². The van der Waals surface area contributed by atoms with Gasteiger partial charge in [0, 0.05) is 30.7 Å². The summed E-state index contributed by atoms with van der Waals surface area (Å²) in [6.07, 6.45) is 2.70. The third-order valence-electron chi connectivity index (χ3n) is 5.04. The Hall–Kier alpha value is -2.27. The first-order valence-corrected chi connectivity index (χ1v) is 11.1. The fraction of sp³-hybridized carbons (Fsp3) is 0.381. The van der Waals surface area contributed by atoms with E-state index < -0.39 is 10.0 Å². The highest BCUT2D eigenvalue weighted by Gasteiger charge is 2.37. The molecule has 0 aliphatic carbocycles. The van der Waals surface area contributed by atoms with Gasteiger partial charge in [0.25, 0.3) is 0 Å². The van der Waals surface area contributed by atoms with Crippen molar-refractivity contribution >= 4 is 21.6 Å². The molecule has 1 aliphatic heterocycles. The number of benzene rings is 2. The molecule has 1 heterocycles. The molecule has 1 fully saturated rings. The lowest BCUT2D eigenvalue weighted by atomic mass is 10.1. The topological polar surface area (TPSA) is 73.6 Å². The van der Waals surface area contributed by atoms with E-state index in [1.165, 1.54) is 17.5 Å². The van der Waals surface area contributed by atoms with E-state index in [2.05, 4.69) is 12.3 Å². The van der Waals surface area contributed by atoms with Crippen LogP contribution in [0.1, 0.15) is 23.1 Å². The smallest absolute Gasteiger partial charge is 0.247 e. The Bertz CT molecular complexity index is 1030. The van der Waals surface area contributed by atoms with E-state index in [4.69, 9.17) is 16.3 Å². The average Bonchev–Trinajstić information content (AvgIpc) is 3.14. The first kappa shape index (κ1) is 21.4. The van der Waals surface area contributed by atoms with Gasteiger partial charge in [-0.2, -0.15) is 9.57 Å². The second-order valence-electron chi connectivity index (χ2n) is 7.33. The molecule has 2 aromatic rings. The number of aryl methyl sites for hydroxylation is 2. The predicted molar refractivity (Wildman–Crippen MR) is 112 cm³/mol. The Labute approximate surface area is 177 Å². The number of nitrogens with zero attached hydrogens (tertiary/aromatic N) is 3. The minimum Gasteiger partial charge on any atom is -0.495 e. The Balaban J connectivity index is 2.07. The summed E-state index contributed by atoms with van der Waals surface area (Å²) < 4.78 is 34.2. The van der Waals surface area contributed by atoms with Crippen molar-refractivity contribution in [3.63, 3.8) is 0 Å². The number of nitriles is 1. The highest BCUT2D eigenvalue weighted by Crippen LogP contribution is 2.33. The summed E-state index contributed by atoms with van der Waals surface area (Å²) in [7, 11) is -2.48.